The van der Waals surface area contributed by atoms with E-state index in [9.17, 15) is 21.6 Å². The van der Waals surface area contributed by atoms with E-state index in [1.54, 1.807) is 36.5 Å². The number of aromatic nitrogens is 1. The molecule has 3 aromatic carbocycles. The first kappa shape index (κ1) is 27.7. The zero-order valence-corrected chi connectivity index (χ0v) is 22.8. The monoisotopic (exact) mass is 589 g/mol. The summed E-state index contributed by atoms with van der Waals surface area (Å²) in [6.45, 7) is -0.0177. The summed E-state index contributed by atoms with van der Waals surface area (Å²) < 4.78 is 55.3. The minimum Gasteiger partial charge on any atom is -0.268 e. The molecule has 0 saturated carbocycles. The van der Waals surface area contributed by atoms with Gasteiger partial charge in [0.15, 0.2) is 0 Å². The molecule has 0 fully saturated rings. The fourth-order valence-electron chi connectivity index (χ4n) is 3.49. The fourth-order valence-corrected chi connectivity index (χ4v) is 6.29. The molecule has 12 heteroatoms. The molecule has 0 aliphatic heterocycles. The summed E-state index contributed by atoms with van der Waals surface area (Å²) in [5, 5.41) is 0.625. The van der Waals surface area contributed by atoms with E-state index < -0.39 is 26.0 Å². The molecule has 1 heterocycles. The predicted molar refractivity (Wildman–Crippen MR) is 145 cm³/mol. The normalized spacial score (nSPS) is 11.9. The number of hydrogen-bond acceptors (Lipinski definition) is 6. The maximum absolute atomic E-state index is 13.5. The van der Waals surface area contributed by atoms with Crippen molar-refractivity contribution < 1.29 is 21.6 Å². The summed E-state index contributed by atoms with van der Waals surface area (Å²) in [6, 6.07) is 22.6. The van der Waals surface area contributed by atoms with Crippen LogP contribution < -0.4 is 4.72 Å². The number of carbonyl (C=O) groups excluding carboxylic acids is 1. The SMILES string of the molecule is O=C(NS(=O)(=O)c1cccc(Cl)c1)c1ccc(CN(Cc2ccccn2)S(=O)(=O)c2ccc(Cl)cc2)cc1. The van der Waals surface area contributed by atoms with E-state index in [2.05, 4.69) is 4.98 Å². The summed E-state index contributed by atoms with van der Waals surface area (Å²) in [5.74, 6) is -0.837. The minimum atomic E-state index is -4.13. The largest absolute Gasteiger partial charge is 0.268 e. The first-order valence-electron chi connectivity index (χ1n) is 11.1. The molecule has 8 nitrogen and oxygen atoms in total. The molecule has 1 N–H and O–H groups in total. The second kappa shape index (κ2) is 11.6. The molecule has 0 unspecified atom stereocenters. The molecule has 1 aromatic heterocycles. The Kier molecular flexibility index (Phi) is 8.49. The topological polar surface area (TPSA) is 114 Å². The number of rotatable bonds is 9. The van der Waals surface area contributed by atoms with Gasteiger partial charge in [-0.1, -0.05) is 47.5 Å². The van der Waals surface area contributed by atoms with Crippen molar-refractivity contribution in [3.8, 4) is 0 Å². The highest BCUT2D eigenvalue weighted by molar-refractivity contribution is 7.90. The quantitative estimate of drug-likeness (QED) is 0.297. The number of carbonyl (C=O) groups is 1. The highest BCUT2D eigenvalue weighted by Crippen LogP contribution is 2.23. The zero-order valence-electron chi connectivity index (χ0n) is 19.7. The van der Waals surface area contributed by atoms with E-state index in [0.29, 0.717) is 16.3 Å². The van der Waals surface area contributed by atoms with Crippen molar-refractivity contribution in [2.24, 2.45) is 0 Å². The summed E-state index contributed by atoms with van der Waals surface area (Å²) in [4.78, 5) is 16.8. The second-order valence-electron chi connectivity index (χ2n) is 8.14. The maximum atomic E-state index is 13.5. The van der Waals surface area contributed by atoms with Crippen LogP contribution in [-0.4, -0.2) is 32.0 Å². The Morgan fingerprint density at radius 3 is 2.11 bits per heavy atom. The molecule has 0 saturated heterocycles. The van der Waals surface area contributed by atoms with Crippen molar-refractivity contribution in [2.75, 3.05) is 0 Å². The third-order valence-electron chi connectivity index (χ3n) is 5.42. The number of benzene rings is 3. The minimum absolute atomic E-state index is 0.00587. The van der Waals surface area contributed by atoms with E-state index in [4.69, 9.17) is 23.2 Å². The molecule has 4 aromatic rings. The maximum Gasteiger partial charge on any atom is 0.264 e. The van der Waals surface area contributed by atoms with Crippen molar-refractivity contribution in [2.45, 2.75) is 22.9 Å². The molecular formula is C26H21Cl2N3O5S2. The van der Waals surface area contributed by atoms with Crippen LogP contribution >= 0.6 is 23.2 Å². The molecule has 38 heavy (non-hydrogen) atoms. The van der Waals surface area contributed by atoms with Gasteiger partial charge in [-0.25, -0.2) is 21.6 Å². The highest BCUT2D eigenvalue weighted by atomic mass is 35.5. The summed E-state index contributed by atoms with van der Waals surface area (Å²) >= 11 is 11.8. The van der Waals surface area contributed by atoms with Crippen LogP contribution in [0.2, 0.25) is 10.0 Å². The van der Waals surface area contributed by atoms with Crippen molar-refractivity contribution in [1.82, 2.24) is 14.0 Å². The molecule has 0 aliphatic rings. The molecule has 0 atom stereocenters. The van der Waals surface area contributed by atoms with Crippen LogP contribution in [0, 0.1) is 0 Å². The molecule has 0 spiro atoms. The van der Waals surface area contributed by atoms with Crippen LogP contribution in [0.15, 0.2) is 107 Å². The Morgan fingerprint density at radius 1 is 0.763 bits per heavy atom. The van der Waals surface area contributed by atoms with Crippen molar-refractivity contribution >= 4 is 49.2 Å². The van der Waals surface area contributed by atoms with E-state index >= 15 is 0 Å². The van der Waals surface area contributed by atoms with Crippen molar-refractivity contribution in [1.29, 1.82) is 0 Å². The van der Waals surface area contributed by atoms with Crippen molar-refractivity contribution in [3.63, 3.8) is 0 Å². The number of sulfonamides is 2. The molecule has 4 rings (SSSR count). The Hall–Kier alpha value is -3.28. The Labute approximate surface area is 231 Å². The Balaban J connectivity index is 1.55. The van der Waals surface area contributed by atoms with Gasteiger partial charge in [0.25, 0.3) is 15.9 Å². The van der Waals surface area contributed by atoms with Gasteiger partial charge < -0.3 is 0 Å². The lowest BCUT2D eigenvalue weighted by Crippen LogP contribution is -2.31. The van der Waals surface area contributed by atoms with Gasteiger partial charge in [-0.2, -0.15) is 4.31 Å². The van der Waals surface area contributed by atoms with Crippen molar-refractivity contribution in [3.05, 3.63) is 124 Å². The second-order valence-corrected chi connectivity index (χ2v) is 12.6. The van der Waals surface area contributed by atoms with Crippen LogP contribution in [-0.2, 0) is 33.1 Å². The van der Waals surface area contributed by atoms with Gasteiger partial charge in [0.05, 0.1) is 22.0 Å². The van der Waals surface area contributed by atoms with Gasteiger partial charge >= 0.3 is 0 Å². The summed E-state index contributed by atoms with van der Waals surface area (Å²) in [6.07, 6.45) is 1.58. The Morgan fingerprint density at radius 2 is 1.47 bits per heavy atom. The Bertz CT molecular complexity index is 1650. The van der Waals surface area contributed by atoms with Crippen LogP contribution in [0.1, 0.15) is 21.6 Å². The number of nitrogens with zero attached hydrogens (tertiary/aromatic N) is 2. The number of amides is 1. The smallest absolute Gasteiger partial charge is 0.264 e. The zero-order chi connectivity index (χ0) is 27.3. The molecular weight excluding hydrogens is 569 g/mol. The lowest BCUT2D eigenvalue weighted by atomic mass is 10.1. The van der Waals surface area contributed by atoms with Crippen LogP contribution in [0.25, 0.3) is 0 Å². The van der Waals surface area contributed by atoms with Gasteiger partial charge in [0.2, 0.25) is 10.0 Å². The lowest BCUT2D eigenvalue weighted by molar-refractivity contribution is 0.0981. The molecule has 0 aliphatic carbocycles. The molecule has 0 bridgehead atoms. The van der Waals surface area contributed by atoms with Gasteiger partial charge in [0.1, 0.15) is 0 Å². The van der Waals surface area contributed by atoms with E-state index in [1.807, 2.05) is 4.72 Å². The van der Waals surface area contributed by atoms with Gasteiger partial charge in [0, 0.05) is 28.4 Å². The average Bonchev–Trinajstić information content (AvgIpc) is 2.89. The van der Waals surface area contributed by atoms with E-state index in [1.165, 1.54) is 65.0 Å². The first-order chi connectivity index (χ1) is 18.0. The molecule has 196 valence electrons. The third-order valence-corrected chi connectivity index (χ3v) is 9.05. The molecule has 1 amide bonds. The summed E-state index contributed by atoms with van der Waals surface area (Å²) in [7, 11) is -8.07. The fraction of sp³-hybridized carbons (Fsp3) is 0.0769. The van der Waals surface area contributed by atoms with Crippen LogP contribution in [0.4, 0.5) is 0 Å². The number of nitrogens with one attached hydrogen (secondary N) is 1. The van der Waals surface area contributed by atoms with Crippen LogP contribution in [0.3, 0.4) is 0 Å². The summed E-state index contributed by atoms with van der Waals surface area (Å²) in [5.41, 5.74) is 1.20. The van der Waals surface area contributed by atoms with Gasteiger partial charge in [-0.05, 0) is 72.3 Å². The van der Waals surface area contributed by atoms with E-state index in [-0.39, 0.29) is 33.5 Å². The number of hydrogen-bond donors (Lipinski definition) is 1. The standard InChI is InChI=1S/C26H21Cl2N3O5S2/c27-21-11-13-24(14-12-21)38(35,36)31(18-23-5-1-2-15-29-23)17-19-7-9-20(10-8-19)26(32)30-37(33,34)25-6-3-4-22(28)16-25/h1-16H,17-18H2,(H,30,32). The number of halogens is 2. The third kappa shape index (κ3) is 6.77. The molecule has 0 radical (unpaired) electrons. The van der Waals surface area contributed by atoms with Gasteiger partial charge in [-0.3, -0.25) is 9.78 Å². The number of pyridine rings is 1. The highest BCUT2D eigenvalue weighted by Gasteiger charge is 2.26. The van der Waals surface area contributed by atoms with E-state index in [0.717, 1.165) is 0 Å². The average molecular weight is 591 g/mol. The first-order valence-corrected chi connectivity index (χ1v) is 14.8. The van der Waals surface area contributed by atoms with Gasteiger partial charge in [-0.15, -0.1) is 0 Å². The predicted octanol–water partition coefficient (Wildman–Crippen LogP) is 4.90. The lowest BCUT2D eigenvalue weighted by Gasteiger charge is -2.22. The van der Waals surface area contributed by atoms with Crippen LogP contribution in [0.5, 0.6) is 0 Å².